The number of fused-ring (bicyclic) bond motifs is 2. The van der Waals surface area contributed by atoms with Gasteiger partial charge in [0.15, 0.2) is 11.5 Å². The number of hydrogen-bond donors (Lipinski definition) is 0. The van der Waals surface area contributed by atoms with Crippen molar-refractivity contribution < 1.29 is 14.0 Å². The van der Waals surface area contributed by atoms with Crippen molar-refractivity contribution >= 4 is 52.0 Å². The van der Waals surface area contributed by atoms with Crippen LogP contribution in [0.15, 0.2) is 51.8 Å². The van der Waals surface area contributed by atoms with Crippen LogP contribution < -0.4 is 4.90 Å². The van der Waals surface area contributed by atoms with Crippen LogP contribution >= 0.6 is 23.4 Å². The number of halogens is 1. The lowest BCUT2D eigenvalue weighted by Gasteiger charge is -2.34. The van der Waals surface area contributed by atoms with Crippen LogP contribution in [0.1, 0.15) is 24.7 Å². The van der Waals surface area contributed by atoms with E-state index in [9.17, 15) is 9.59 Å². The van der Waals surface area contributed by atoms with Crippen molar-refractivity contribution in [1.29, 1.82) is 0 Å². The fraction of sp³-hybridized carbons (Fsp3) is 0.318. The molecule has 6 nitrogen and oxygen atoms in total. The molecule has 8 heteroatoms. The van der Waals surface area contributed by atoms with E-state index in [-0.39, 0.29) is 24.3 Å². The molecule has 3 aromatic rings. The molecule has 0 bridgehead atoms. The number of carbonyl (C=O) groups excluding carboxylic acids is 2. The van der Waals surface area contributed by atoms with E-state index >= 15 is 0 Å². The highest BCUT2D eigenvalue weighted by molar-refractivity contribution is 8.00. The molecule has 1 saturated heterocycles. The minimum Gasteiger partial charge on any atom is -0.440 e. The normalized spacial score (nSPS) is 17.4. The smallest absolute Gasteiger partial charge is 0.242 e. The monoisotopic (exact) mass is 441 g/mol. The first-order valence-electron chi connectivity index (χ1n) is 9.94. The molecule has 1 aromatic heterocycles. The summed E-state index contributed by atoms with van der Waals surface area (Å²) in [5.41, 5.74) is 2.32. The second-order valence-corrected chi connectivity index (χ2v) is 9.01. The largest absolute Gasteiger partial charge is 0.440 e. The molecule has 0 saturated carbocycles. The Balaban J connectivity index is 1.24. The third kappa shape index (κ3) is 3.68. The molecule has 0 radical (unpaired) electrons. The summed E-state index contributed by atoms with van der Waals surface area (Å²) in [5.74, 6) is 1.21. The Labute approximate surface area is 183 Å². The summed E-state index contributed by atoms with van der Waals surface area (Å²) in [6, 6.07) is 13.2. The standard InChI is InChI=1S/C22H20ClN3O3S/c23-15-5-6-18-16(11-15)24-22(29-18)14-7-9-25(10-8-14)20(27)12-26-17-3-1-2-4-19(17)30-13-21(26)28/h1-6,11,14H,7-10,12-13H2. The predicted octanol–water partition coefficient (Wildman–Crippen LogP) is 4.33. The number of oxazole rings is 1. The molecular weight excluding hydrogens is 422 g/mol. The number of amides is 2. The summed E-state index contributed by atoms with van der Waals surface area (Å²) < 4.78 is 5.90. The summed E-state index contributed by atoms with van der Waals surface area (Å²) in [6.45, 7) is 1.34. The zero-order valence-corrected chi connectivity index (χ0v) is 17.8. The van der Waals surface area contributed by atoms with Crippen LogP contribution in [0, 0.1) is 0 Å². The molecule has 2 aliphatic rings. The Hall–Kier alpha value is -2.51. The second-order valence-electron chi connectivity index (χ2n) is 7.56. The first kappa shape index (κ1) is 19.5. The molecular formula is C22H20ClN3O3S. The SMILES string of the molecule is O=C(CN1C(=O)CSc2ccccc21)N1CCC(c2nc3cc(Cl)ccc3o2)CC1. The van der Waals surface area contributed by atoms with E-state index in [2.05, 4.69) is 4.98 Å². The van der Waals surface area contributed by atoms with Crippen molar-refractivity contribution in [2.45, 2.75) is 23.7 Å². The van der Waals surface area contributed by atoms with Crippen molar-refractivity contribution in [3.05, 3.63) is 53.4 Å². The molecule has 2 amide bonds. The topological polar surface area (TPSA) is 66.7 Å². The number of thioether (sulfide) groups is 1. The van der Waals surface area contributed by atoms with Gasteiger partial charge in [-0.3, -0.25) is 9.59 Å². The lowest BCUT2D eigenvalue weighted by molar-refractivity contribution is -0.132. The minimum atomic E-state index is -0.0212. The molecule has 2 aromatic carbocycles. The van der Waals surface area contributed by atoms with Crippen LogP contribution in [0.3, 0.4) is 0 Å². The van der Waals surface area contributed by atoms with Gasteiger partial charge in [0.05, 0.1) is 11.4 Å². The summed E-state index contributed by atoms with van der Waals surface area (Å²) in [7, 11) is 0. The van der Waals surface area contributed by atoms with E-state index in [4.69, 9.17) is 16.0 Å². The maximum absolute atomic E-state index is 12.9. The van der Waals surface area contributed by atoms with Gasteiger partial charge in [0.1, 0.15) is 12.1 Å². The Bertz CT molecular complexity index is 1120. The van der Waals surface area contributed by atoms with Gasteiger partial charge in [0.2, 0.25) is 11.8 Å². The van der Waals surface area contributed by atoms with Gasteiger partial charge >= 0.3 is 0 Å². The second kappa shape index (κ2) is 7.96. The maximum atomic E-state index is 12.9. The van der Waals surface area contributed by atoms with E-state index in [1.54, 1.807) is 17.0 Å². The van der Waals surface area contributed by atoms with E-state index < -0.39 is 0 Å². The maximum Gasteiger partial charge on any atom is 0.242 e. The van der Waals surface area contributed by atoms with Crippen LogP contribution in [-0.2, 0) is 9.59 Å². The number of carbonyl (C=O) groups is 2. The molecule has 1 fully saturated rings. The third-order valence-electron chi connectivity index (χ3n) is 5.66. The number of piperidine rings is 1. The lowest BCUT2D eigenvalue weighted by atomic mass is 9.96. The average Bonchev–Trinajstić information content (AvgIpc) is 3.19. The highest BCUT2D eigenvalue weighted by Gasteiger charge is 2.31. The van der Waals surface area contributed by atoms with Crippen molar-refractivity contribution in [3.63, 3.8) is 0 Å². The summed E-state index contributed by atoms with van der Waals surface area (Å²) in [4.78, 5) is 34.4. The van der Waals surface area contributed by atoms with Gasteiger partial charge in [-0.15, -0.1) is 11.8 Å². The third-order valence-corrected chi connectivity index (χ3v) is 6.95. The Morgan fingerprint density at radius 3 is 2.83 bits per heavy atom. The van der Waals surface area contributed by atoms with E-state index in [0.717, 1.165) is 34.5 Å². The molecule has 2 aliphatic heterocycles. The van der Waals surface area contributed by atoms with Gasteiger partial charge in [-0.1, -0.05) is 23.7 Å². The fourth-order valence-electron chi connectivity index (χ4n) is 4.03. The summed E-state index contributed by atoms with van der Waals surface area (Å²) >= 11 is 7.56. The molecule has 0 unspecified atom stereocenters. The lowest BCUT2D eigenvalue weighted by Crippen LogP contribution is -2.47. The zero-order chi connectivity index (χ0) is 20.7. The van der Waals surface area contributed by atoms with Crippen LogP contribution in [-0.4, -0.2) is 47.1 Å². The Morgan fingerprint density at radius 1 is 1.20 bits per heavy atom. The van der Waals surface area contributed by atoms with E-state index in [0.29, 0.717) is 29.8 Å². The summed E-state index contributed by atoms with van der Waals surface area (Å²) in [6.07, 6.45) is 1.57. The van der Waals surface area contributed by atoms with Crippen LogP contribution in [0.25, 0.3) is 11.1 Å². The highest BCUT2D eigenvalue weighted by atomic mass is 35.5. The first-order chi connectivity index (χ1) is 14.6. The van der Waals surface area contributed by atoms with Gasteiger partial charge in [-0.05, 0) is 43.2 Å². The molecule has 5 rings (SSSR count). The number of benzene rings is 2. The molecule has 0 spiro atoms. The van der Waals surface area contributed by atoms with Gasteiger partial charge in [-0.25, -0.2) is 4.98 Å². The number of para-hydroxylation sites is 1. The molecule has 30 heavy (non-hydrogen) atoms. The summed E-state index contributed by atoms with van der Waals surface area (Å²) in [5, 5.41) is 0.634. The number of hydrogen-bond acceptors (Lipinski definition) is 5. The highest BCUT2D eigenvalue weighted by Crippen LogP contribution is 2.35. The van der Waals surface area contributed by atoms with Gasteiger partial charge < -0.3 is 14.2 Å². The quantitative estimate of drug-likeness (QED) is 0.605. The predicted molar refractivity (Wildman–Crippen MR) is 117 cm³/mol. The molecule has 154 valence electrons. The number of aromatic nitrogens is 1. The van der Waals surface area contributed by atoms with Crippen molar-refractivity contribution in [1.82, 2.24) is 9.88 Å². The minimum absolute atomic E-state index is 0.0205. The van der Waals surface area contributed by atoms with E-state index in [1.165, 1.54) is 11.8 Å². The van der Waals surface area contributed by atoms with Crippen LogP contribution in [0.2, 0.25) is 5.02 Å². The fourth-order valence-corrected chi connectivity index (χ4v) is 5.13. The van der Waals surface area contributed by atoms with Crippen molar-refractivity contribution in [2.75, 3.05) is 30.3 Å². The molecule has 0 atom stereocenters. The number of rotatable bonds is 3. The Kier molecular flexibility index (Phi) is 5.16. The van der Waals surface area contributed by atoms with Gasteiger partial charge in [-0.2, -0.15) is 0 Å². The van der Waals surface area contributed by atoms with Gasteiger partial charge in [0.25, 0.3) is 0 Å². The first-order valence-corrected chi connectivity index (χ1v) is 11.3. The van der Waals surface area contributed by atoms with Crippen LogP contribution in [0.4, 0.5) is 5.69 Å². The number of nitrogens with zero attached hydrogens (tertiary/aromatic N) is 3. The average molecular weight is 442 g/mol. The van der Waals surface area contributed by atoms with Crippen molar-refractivity contribution in [3.8, 4) is 0 Å². The molecule has 0 N–H and O–H groups in total. The van der Waals surface area contributed by atoms with Gasteiger partial charge in [0, 0.05) is 28.9 Å². The van der Waals surface area contributed by atoms with Crippen LogP contribution in [0.5, 0.6) is 0 Å². The molecule has 3 heterocycles. The Morgan fingerprint density at radius 2 is 2.00 bits per heavy atom. The number of anilines is 1. The zero-order valence-electron chi connectivity index (χ0n) is 16.2. The van der Waals surface area contributed by atoms with Crippen molar-refractivity contribution in [2.24, 2.45) is 0 Å². The van der Waals surface area contributed by atoms with E-state index in [1.807, 2.05) is 35.2 Å². The molecule has 0 aliphatic carbocycles. The number of likely N-dealkylation sites (tertiary alicyclic amines) is 1.